The highest BCUT2D eigenvalue weighted by molar-refractivity contribution is 5.79. The van der Waals surface area contributed by atoms with Gasteiger partial charge in [0, 0.05) is 19.9 Å². The molecule has 0 fully saturated rings. The van der Waals surface area contributed by atoms with Crippen molar-refractivity contribution >= 4 is 11.0 Å². The highest BCUT2D eigenvalue weighted by Crippen LogP contribution is 2.28. The van der Waals surface area contributed by atoms with Gasteiger partial charge in [0.2, 0.25) is 5.88 Å². The lowest BCUT2D eigenvalue weighted by Gasteiger charge is -2.15. The minimum atomic E-state index is -0.269. The summed E-state index contributed by atoms with van der Waals surface area (Å²) in [6.07, 6.45) is 2.27. The Morgan fingerprint density at radius 3 is 2.74 bits per heavy atom. The molecule has 8 nitrogen and oxygen atoms in total. The number of nitrogens with one attached hydrogen (secondary N) is 1. The van der Waals surface area contributed by atoms with Crippen LogP contribution in [0.5, 0.6) is 5.88 Å². The van der Waals surface area contributed by atoms with E-state index < -0.39 is 0 Å². The molecule has 1 atom stereocenters. The molecule has 0 amide bonds. The van der Waals surface area contributed by atoms with E-state index in [0.717, 1.165) is 17.7 Å². The van der Waals surface area contributed by atoms with Crippen LogP contribution in [0.3, 0.4) is 0 Å². The number of hydrogen-bond acceptors (Lipinski definition) is 6. The lowest BCUT2D eigenvalue weighted by molar-refractivity contribution is 0.0893. The summed E-state index contributed by atoms with van der Waals surface area (Å²) in [4.78, 5) is 24.6. The lowest BCUT2D eigenvalue weighted by Crippen LogP contribution is -2.19. The zero-order chi connectivity index (χ0) is 19.6. The topological polar surface area (TPSA) is 94.9 Å². The lowest BCUT2D eigenvalue weighted by atomic mass is 10.2. The fourth-order valence-corrected chi connectivity index (χ4v) is 3.08. The third-order valence-corrected chi connectivity index (χ3v) is 4.29. The Morgan fingerprint density at radius 1 is 1.30 bits per heavy atom. The van der Waals surface area contributed by atoms with Crippen LogP contribution in [0.2, 0.25) is 0 Å². The van der Waals surface area contributed by atoms with Crippen LogP contribution in [0, 0.1) is 6.92 Å². The molecule has 144 valence electrons. The molecule has 8 heteroatoms. The van der Waals surface area contributed by atoms with Crippen molar-refractivity contribution in [1.29, 1.82) is 0 Å². The number of aromatic amines is 1. The molecule has 3 aromatic heterocycles. The number of methoxy groups -OCH3 is 1. The van der Waals surface area contributed by atoms with Gasteiger partial charge in [-0.15, -0.1) is 0 Å². The number of pyridine rings is 1. The van der Waals surface area contributed by atoms with Crippen molar-refractivity contribution in [2.45, 2.75) is 46.8 Å². The predicted octanol–water partition coefficient (Wildman–Crippen LogP) is 2.49. The maximum atomic E-state index is 12.6. The van der Waals surface area contributed by atoms with Crippen LogP contribution in [0.25, 0.3) is 22.4 Å². The van der Waals surface area contributed by atoms with E-state index >= 15 is 0 Å². The van der Waals surface area contributed by atoms with Gasteiger partial charge in [-0.3, -0.25) is 9.48 Å². The van der Waals surface area contributed by atoms with Crippen LogP contribution in [0.15, 0.2) is 17.1 Å². The second kappa shape index (κ2) is 7.87. The Morgan fingerprint density at radius 2 is 2.07 bits per heavy atom. The van der Waals surface area contributed by atoms with Crippen LogP contribution in [0.4, 0.5) is 0 Å². The first-order valence-corrected chi connectivity index (χ1v) is 9.10. The minimum Gasteiger partial charge on any atom is -0.472 e. The fourth-order valence-electron chi connectivity index (χ4n) is 3.08. The number of aryl methyl sites for hydroxylation is 3. The molecule has 0 aliphatic rings. The van der Waals surface area contributed by atoms with E-state index in [1.807, 2.05) is 38.4 Å². The highest BCUT2D eigenvalue weighted by atomic mass is 16.5. The Kier molecular flexibility index (Phi) is 5.55. The molecule has 0 aliphatic heterocycles. The molecule has 0 saturated heterocycles. The Balaban J connectivity index is 2.17. The predicted molar refractivity (Wildman–Crippen MR) is 103 cm³/mol. The SMILES string of the molecule is CCc1c2nc(-c3cc(C)cnc3OC(C)COC)[nH]c(=O)c2nn1CC. The molecule has 1 N–H and O–H groups in total. The molecule has 0 aliphatic carbocycles. The number of rotatable bonds is 7. The van der Waals surface area contributed by atoms with Gasteiger partial charge < -0.3 is 14.5 Å². The summed E-state index contributed by atoms with van der Waals surface area (Å²) in [5.41, 5.74) is 3.23. The first kappa shape index (κ1) is 19.0. The van der Waals surface area contributed by atoms with E-state index in [9.17, 15) is 4.79 Å². The average Bonchev–Trinajstić information content (AvgIpc) is 3.01. The van der Waals surface area contributed by atoms with Crippen LogP contribution >= 0.6 is 0 Å². The number of fused-ring (bicyclic) bond motifs is 1. The minimum absolute atomic E-state index is 0.187. The van der Waals surface area contributed by atoms with Gasteiger partial charge in [-0.25, -0.2) is 9.97 Å². The Hall–Kier alpha value is -2.74. The van der Waals surface area contributed by atoms with Gasteiger partial charge >= 0.3 is 0 Å². The van der Waals surface area contributed by atoms with Crippen LogP contribution < -0.4 is 10.3 Å². The van der Waals surface area contributed by atoms with E-state index in [2.05, 4.69) is 15.1 Å². The van der Waals surface area contributed by atoms with Gasteiger partial charge in [-0.2, -0.15) is 5.10 Å². The second-order valence-corrected chi connectivity index (χ2v) is 6.48. The van der Waals surface area contributed by atoms with Gasteiger partial charge in [0.15, 0.2) is 5.52 Å². The van der Waals surface area contributed by atoms with Crippen molar-refractivity contribution in [2.24, 2.45) is 0 Å². The van der Waals surface area contributed by atoms with Crippen molar-refractivity contribution in [2.75, 3.05) is 13.7 Å². The summed E-state index contributed by atoms with van der Waals surface area (Å²) < 4.78 is 12.9. The number of hydrogen-bond donors (Lipinski definition) is 1. The van der Waals surface area contributed by atoms with Crippen LogP contribution in [-0.2, 0) is 17.7 Å². The first-order valence-electron chi connectivity index (χ1n) is 9.10. The van der Waals surface area contributed by atoms with Crippen molar-refractivity contribution in [3.05, 3.63) is 33.9 Å². The second-order valence-electron chi connectivity index (χ2n) is 6.48. The van der Waals surface area contributed by atoms with Gasteiger partial charge in [-0.1, -0.05) is 6.92 Å². The molecule has 27 heavy (non-hydrogen) atoms. The third-order valence-electron chi connectivity index (χ3n) is 4.29. The van der Waals surface area contributed by atoms with Crippen molar-refractivity contribution in [1.82, 2.24) is 24.7 Å². The molecule has 3 aromatic rings. The quantitative estimate of drug-likeness (QED) is 0.686. The summed E-state index contributed by atoms with van der Waals surface area (Å²) >= 11 is 0. The molecule has 3 rings (SSSR count). The zero-order valence-corrected chi connectivity index (χ0v) is 16.4. The van der Waals surface area contributed by atoms with Crippen molar-refractivity contribution in [3.63, 3.8) is 0 Å². The van der Waals surface area contributed by atoms with E-state index in [1.165, 1.54) is 0 Å². The fraction of sp³-hybridized carbons (Fsp3) is 0.474. The largest absolute Gasteiger partial charge is 0.472 e. The van der Waals surface area contributed by atoms with Crippen molar-refractivity contribution < 1.29 is 9.47 Å². The summed E-state index contributed by atoms with van der Waals surface area (Å²) in [7, 11) is 1.62. The molecule has 0 spiro atoms. The Bertz CT molecular complexity index is 1010. The molecule has 3 heterocycles. The summed E-state index contributed by atoms with van der Waals surface area (Å²) in [5.74, 6) is 0.835. The monoisotopic (exact) mass is 371 g/mol. The van der Waals surface area contributed by atoms with Gasteiger partial charge in [0.05, 0.1) is 17.9 Å². The number of ether oxygens (including phenoxy) is 2. The van der Waals surface area contributed by atoms with Crippen LogP contribution in [0.1, 0.15) is 32.0 Å². The molecule has 0 aromatic carbocycles. The summed E-state index contributed by atoms with van der Waals surface area (Å²) in [6.45, 7) is 8.97. The van der Waals surface area contributed by atoms with E-state index in [1.54, 1.807) is 13.3 Å². The number of aromatic nitrogens is 5. The first-order chi connectivity index (χ1) is 13.0. The number of nitrogens with zero attached hydrogens (tertiary/aromatic N) is 4. The highest BCUT2D eigenvalue weighted by Gasteiger charge is 2.19. The normalized spacial score (nSPS) is 12.5. The van der Waals surface area contributed by atoms with Gasteiger partial charge in [0.25, 0.3) is 5.56 Å². The molecular weight excluding hydrogens is 346 g/mol. The molecule has 1 unspecified atom stereocenters. The molecule has 0 radical (unpaired) electrons. The summed E-state index contributed by atoms with van der Waals surface area (Å²) in [5, 5.41) is 4.40. The maximum Gasteiger partial charge on any atom is 0.279 e. The standard InChI is InChI=1S/C19H25N5O3/c1-6-14-15-16(23-24(14)7-2)18(25)22-17(21-15)13-8-11(3)9-20-19(13)27-12(4)10-26-5/h8-9,12H,6-7,10H2,1-5H3,(H,21,22,25). The third kappa shape index (κ3) is 3.71. The molecular formula is C19H25N5O3. The van der Waals surface area contributed by atoms with Gasteiger partial charge in [0.1, 0.15) is 17.4 Å². The Labute approximate surface area is 157 Å². The maximum absolute atomic E-state index is 12.6. The molecule has 0 bridgehead atoms. The number of H-pyrrole nitrogens is 1. The van der Waals surface area contributed by atoms with E-state index in [-0.39, 0.29) is 11.7 Å². The van der Waals surface area contributed by atoms with Crippen LogP contribution in [-0.4, -0.2) is 44.6 Å². The smallest absolute Gasteiger partial charge is 0.279 e. The van der Waals surface area contributed by atoms with Crippen molar-refractivity contribution in [3.8, 4) is 17.3 Å². The van der Waals surface area contributed by atoms with Gasteiger partial charge in [-0.05, 0) is 38.8 Å². The zero-order valence-electron chi connectivity index (χ0n) is 16.4. The summed E-state index contributed by atoms with van der Waals surface area (Å²) in [6, 6.07) is 1.90. The molecule has 0 saturated carbocycles. The van der Waals surface area contributed by atoms with E-state index in [0.29, 0.717) is 41.5 Å². The average molecular weight is 371 g/mol. The van der Waals surface area contributed by atoms with E-state index in [4.69, 9.17) is 14.5 Å².